The standard InChI is InChI=1S/C20H39N5O/c1-2-22-11-13-23(14-12-22)10-6-5-9-21-20(26)25-17-15-24(16-18-25)19-7-3-4-8-19/h19H,2-18H2,1H3,(H,21,26). The number of hydrogen-bond donors (Lipinski definition) is 1. The van der Waals surface area contributed by atoms with Crippen LogP contribution in [0.3, 0.4) is 0 Å². The molecule has 0 aromatic carbocycles. The second-order valence-corrected chi connectivity index (χ2v) is 8.18. The van der Waals surface area contributed by atoms with Crippen LogP contribution in [0.15, 0.2) is 0 Å². The van der Waals surface area contributed by atoms with Gasteiger partial charge in [-0.3, -0.25) is 4.90 Å². The van der Waals surface area contributed by atoms with Crippen molar-refractivity contribution in [2.24, 2.45) is 0 Å². The van der Waals surface area contributed by atoms with Crippen LogP contribution < -0.4 is 5.32 Å². The largest absolute Gasteiger partial charge is 0.338 e. The maximum Gasteiger partial charge on any atom is 0.317 e. The molecule has 2 aliphatic heterocycles. The number of unbranched alkanes of at least 4 members (excludes halogenated alkanes) is 1. The molecule has 2 heterocycles. The molecule has 6 nitrogen and oxygen atoms in total. The molecule has 0 aromatic rings. The van der Waals surface area contributed by atoms with E-state index in [9.17, 15) is 4.79 Å². The zero-order valence-corrected chi connectivity index (χ0v) is 16.8. The average Bonchev–Trinajstić information content (AvgIpc) is 3.23. The fourth-order valence-electron chi connectivity index (χ4n) is 4.66. The highest BCUT2D eigenvalue weighted by Crippen LogP contribution is 2.24. The van der Waals surface area contributed by atoms with Gasteiger partial charge in [-0.1, -0.05) is 19.8 Å². The highest BCUT2D eigenvalue weighted by Gasteiger charge is 2.27. The Morgan fingerprint density at radius 2 is 1.54 bits per heavy atom. The summed E-state index contributed by atoms with van der Waals surface area (Å²) in [5.41, 5.74) is 0. The lowest BCUT2D eigenvalue weighted by molar-refractivity contribution is 0.109. The highest BCUT2D eigenvalue weighted by atomic mass is 16.2. The minimum Gasteiger partial charge on any atom is -0.338 e. The molecule has 3 rings (SSSR count). The number of amides is 2. The lowest BCUT2D eigenvalue weighted by atomic mass is 10.2. The number of hydrogen-bond acceptors (Lipinski definition) is 4. The van der Waals surface area contributed by atoms with E-state index in [0.717, 1.165) is 45.2 Å². The van der Waals surface area contributed by atoms with Gasteiger partial charge < -0.3 is 20.0 Å². The van der Waals surface area contributed by atoms with Gasteiger partial charge in [0.2, 0.25) is 0 Å². The number of nitrogens with zero attached hydrogens (tertiary/aromatic N) is 4. The second-order valence-electron chi connectivity index (χ2n) is 8.18. The van der Waals surface area contributed by atoms with E-state index >= 15 is 0 Å². The van der Waals surface area contributed by atoms with Gasteiger partial charge in [0, 0.05) is 64.9 Å². The molecule has 6 heteroatoms. The molecule has 1 N–H and O–H groups in total. The number of carbonyl (C=O) groups is 1. The number of rotatable bonds is 7. The van der Waals surface area contributed by atoms with Crippen molar-refractivity contribution in [1.82, 2.24) is 24.9 Å². The van der Waals surface area contributed by atoms with Crippen LogP contribution in [0, 0.1) is 0 Å². The minimum absolute atomic E-state index is 0.146. The quantitative estimate of drug-likeness (QED) is 0.697. The van der Waals surface area contributed by atoms with Gasteiger partial charge in [0.15, 0.2) is 0 Å². The third-order valence-corrected chi connectivity index (χ3v) is 6.53. The van der Waals surface area contributed by atoms with E-state index in [1.165, 1.54) is 71.4 Å². The number of piperazine rings is 2. The Bertz CT molecular complexity index is 410. The van der Waals surface area contributed by atoms with Crippen LogP contribution in [0.1, 0.15) is 45.4 Å². The number of nitrogens with one attached hydrogen (secondary N) is 1. The maximum absolute atomic E-state index is 12.3. The molecule has 150 valence electrons. The van der Waals surface area contributed by atoms with Gasteiger partial charge in [-0.05, 0) is 38.8 Å². The van der Waals surface area contributed by atoms with Gasteiger partial charge >= 0.3 is 6.03 Å². The minimum atomic E-state index is 0.146. The Balaban J connectivity index is 1.21. The van der Waals surface area contributed by atoms with Crippen molar-refractivity contribution < 1.29 is 4.79 Å². The van der Waals surface area contributed by atoms with Crippen molar-refractivity contribution in [3.8, 4) is 0 Å². The van der Waals surface area contributed by atoms with Crippen LogP contribution >= 0.6 is 0 Å². The monoisotopic (exact) mass is 365 g/mol. The van der Waals surface area contributed by atoms with Crippen LogP contribution in [-0.4, -0.2) is 104 Å². The molecular formula is C20H39N5O. The van der Waals surface area contributed by atoms with E-state index in [1.807, 2.05) is 4.90 Å². The predicted molar refractivity (Wildman–Crippen MR) is 107 cm³/mol. The summed E-state index contributed by atoms with van der Waals surface area (Å²) < 4.78 is 0. The molecule has 3 fully saturated rings. The maximum atomic E-state index is 12.3. The first-order valence-electron chi connectivity index (χ1n) is 11.0. The summed E-state index contributed by atoms with van der Waals surface area (Å²) in [5.74, 6) is 0. The molecule has 0 aromatic heterocycles. The van der Waals surface area contributed by atoms with E-state index < -0.39 is 0 Å². The molecule has 0 atom stereocenters. The summed E-state index contributed by atoms with van der Waals surface area (Å²) >= 11 is 0. The molecular weight excluding hydrogens is 326 g/mol. The van der Waals surface area contributed by atoms with E-state index in [4.69, 9.17) is 0 Å². The summed E-state index contributed by atoms with van der Waals surface area (Å²) in [5, 5.41) is 3.13. The van der Waals surface area contributed by atoms with Gasteiger partial charge in [-0.25, -0.2) is 4.79 Å². The molecule has 1 saturated carbocycles. The molecule has 3 aliphatic rings. The molecule has 2 amide bonds. The van der Waals surface area contributed by atoms with Crippen molar-refractivity contribution in [1.29, 1.82) is 0 Å². The number of urea groups is 1. The van der Waals surface area contributed by atoms with Crippen molar-refractivity contribution in [2.75, 3.05) is 72.0 Å². The number of carbonyl (C=O) groups excluding carboxylic acids is 1. The van der Waals surface area contributed by atoms with Gasteiger partial charge in [-0.2, -0.15) is 0 Å². The van der Waals surface area contributed by atoms with Gasteiger partial charge in [0.1, 0.15) is 0 Å². The topological polar surface area (TPSA) is 42.1 Å². The van der Waals surface area contributed by atoms with E-state index in [-0.39, 0.29) is 6.03 Å². The van der Waals surface area contributed by atoms with E-state index in [1.54, 1.807) is 0 Å². The van der Waals surface area contributed by atoms with Crippen LogP contribution in [0.25, 0.3) is 0 Å². The van der Waals surface area contributed by atoms with Gasteiger partial charge in [-0.15, -0.1) is 0 Å². The fraction of sp³-hybridized carbons (Fsp3) is 0.950. The Morgan fingerprint density at radius 3 is 2.19 bits per heavy atom. The fourth-order valence-corrected chi connectivity index (χ4v) is 4.66. The van der Waals surface area contributed by atoms with Crippen LogP contribution in [0.5, 0.6) is 0 Å². The summed E-state index contributed by atoms with van der Waals surface area (Å²) in [7, 11) is 0. The zero-order valence-electron chi connectivity index (χ0n) is 16.8. The first-order chi connectivity index (χ1) is 12.8. The third-order valence-electron chi connectivity index (χ3n) is 6.53. The lowest BCUT2D eigenvalue weighted by Crippen LogP contribution is -2.53. The van der Waals surface area contributed by atoms with Crippen LogP contribution in [-0.2, 0) is 0 Å². The van der Waals surface area contributed by atoms with Crippen molar-refractivity contribution >= 4 is 6.03 Å². The Hall–Kier alpha value is -0.850. The number of likely N-dealkylation sites (N-methyl/N-ethyl adjacent to an activating group) is 1. The average molecular weight is 366 g/mol. The Kier molecular flexibility index (Phi) is 8.02. The van der Waals surface area contributed by atoms with Crippen LogP contribution in [0.2, 0.25) is 0 Å². The predicted octanol–water partition coefficient (Wildman–Crippen LogP) is 1.67. The molecule has 0 radical (unpaired) electrons. The first kappa shape index (κ1) is 19.9. The molecule has 0 spiro atoms. The van der Waals surface area contributed by atoms with E-state index in [2.05, 4.69) is 26.9 Å². The Morgan fingerprint density at radius 1 is 0.885 bits per heavy atom. The van der Waals surface area contributed by atoms with Crippen molar-refractivity contribution in [2.45, 2.75) is 51.5 Å². The van der Waals surface area contributed by atoms with Gasteiger partial charge in [0.05, 0.1) is 0 Å². The van der Waals surface area contributed by atoms with Crippen molar-refractivity contribution in [3.63, 3.8) is 0 Å². The van der Waals surface area contributed by atoms with Gasteiger partial charge in [0.25, 0.3) is 0 Å². The smallest absolute Gasteiger partial charge is 0.317 e. The van der Waals surface area contributed by atoms with E-state index in [0.29, 0.717) is 0 Å². The van der Waals surface area contributed by atoms with Crippen molar-refractivity contribution in [3.05, 3.63) is 0 Å². The SMILES string of the molecule is CCN1CCN(CCCCNC(=O)N2CCN(C3CCCC3)CC2)CC1. The molecule has 0 unspecified atom stereocenters. The summed E-state index contributed by atoms with van der Waals surface area (Å²) in [6.45, 7) is 14.1. The second kappa shape index (κ2) is 10.5. The van der Waals surface area contributed by atoms with Crippen LogP contribution in [0.4, 0.5) is 4.79 Å². The molecule has 26 heavy (non-hydrogen) atoms. The molecule has 1 aliphatic carbocycles. The molecule has 0 bridgehead atoms. The summed E-state index contributed by atoms with van der Waals surface area (Å²) in [6, 6.07) is 0.937. The lowest BCUT2D eigenvalue weighted by Gasteiger charge is -2.38. The highest BCUT2D eigenvalue weighted by molar-refractivity contribution is 5.74. The first-order valence-corrected chi connectivity index (χ1v) is 11.0. The normalized spacial score (nSPS) is 24.3. The summed E-state index contributed by atoms with van der Waals surface area (Å²) in [4.78, 5) is 22.0. The third kappa shape index (κ3) is 5.83. The zero-order chi connectivity index (χ0) is 18.2. The Labute approximate surface area is 159 Å². The molecule has 2 saturated heterocycles. The summed E-state index contributed by atoms with van der Waals surface area (Å²) in [6.07, 6.45) is 7.77.